The molecule has 40 heavy (non-hydrogen) atoms. The topological polar surface area (TPSA) is 108 Å². The monoisotopic (exact) mass is 547 g/mol. The molecule has 0 bridgehead atoms. The van der Waals surface area contributed by atoms with E-state index >= 15 is 0 Å². The smallest absolute Gasteiger partial charge is 0.410 e. The van der Waals surface area contributed by atoms with Gasteiger partial charge in [-0.1, -0.05) is 42.5 Å². The summed E-state index contributed by atoms with van der Waals surface area (Å²) in [5, 5.41) is 0. The molecule has 0 saturated carbocycles. The molecule has 0 saturated heterocycles. The molecule has 1 atom stereocenters. The van der Waals surface area contributed by atoms with Crippen LogP contribution in [0.3, 0.4) is 0 Å². The van der Waals surface area contributed by atoms with Gasteiger partial charge in [0.2, 0.25) is 0 Å². The van der Waals surface area contributed by atoms with Crippen molar-refractivity contribution in [1.82, 2.24) is 14.9 Å². The van der Waals surface area contributed by atoms with Gasteiger partial charge in [-0.05, 0) is 50.5 Å². The van der Waals surface area contributed by atoms with Gasteiger partial charge in [0.15, 0.2) is 0 Å². The highest BCUT2D eigenvalue weighted by Gasteiger charge is 2.27. The van der Waals surface area contributed by atoms with Gasteiger partial charge in [0.25, 0.3) is 5.91 Å². The van der Waals surface area contributed by atoms with E-state index in [0.29, 0.717) is 44.0 Å². The Labute approximate surface area is 234 Å². The molecule has 1 aromatic heterocycles. The minimum atomic E-state index is -0.564. The van der Waals surface area contributed by atoms with Crippen molar-refractivity contribution in [1.29, 1.82) is 0 Å². The number of hydrogen-bond acceptors (Lipinski definition) is 7. The van der Waals surface area contributed by atoms with Gasteiger partial charge in [-0.25, -0.2) is 14.6 Å². The summed E-state index contributed by atoms with van der Waals surface area (Å²) in [5.41, 5.74) is 1.95. The molecule has 1 N–H and O–H groups in total. The van der Waals surface area contributed by atoms with Crippen LogP contribution in [-0.4, -0.2) is 66.2 Å². The molecule has 2 aromatic carbocycles. The number of nitrogens with zero attached hydrogens (tertiary/aromatic N) is 4. The predicted octanol–water partition coefficient (Wildman–Crippen LogP) is 4.38. The average Bonchev–Trinajstić information content (AvgIpc) is 3.04. The van der Waals surface area contributed by atoms with E-state index in [-0.39, 0.29) is 18.1 Å². The van der Waals surface area contributed by atoms with E-state index in [1.165, 1.54) is 6.20 Å². The zero-order valence-electron chi connectivity index (χ0n) is 23.7. The van der Waals surface area contributed by atoms with Crippen LogP contribution in [0.5, 0.6) is 0 Å². The second kappa shape index (κ2) is 12.3. The second-order valence-electron chi connectivity index (χ2n) is 10.9. The van der Waals surface area contributed by atoms with Crippen molar-refractivity contribution in [2.24, 2.45) is 0 Å². The van der Waals surface area contributed by atoms with Gasteiger partial charge in [0, 0.05) is 45.6 Å². The predicted molar refractivity (Wildman–Crippen MR) is 154 cm³/mol. The van der Waals surface area contributed by atoms with Crippen LogP contribution < -0.4 is 15.5 Å². The molecule has 0 fully saturated rings. The molecule has 0 aliphatic carbocycles. The number of hydrogen-bond donors (Lipinski definition) is 1. The molecule has 10 heteroatoms. The molecule has 4 rings (SSSR count). The lowest BCUT2D eigenvalue weighted by atomic mass is 10.1. The minimum absolute atomic E-state index is 0.228. The lowest BCUT2D eigenvalue weighted by Gasteiger charge is -2.26. The Balaban J connectivity index is 1.47. The number of rotatable bonds is 8. The van der Waals surface area contributed by atoms with Gasteiger partial charge in [-0.2, -0.15) is 0 Å². The molecular weight excluding hydrogens is 510 g/mol. The largest absolute Gasteiger partial charge is 0.444 e. The van der Waals surface area contributed by atoms with E-state index < -0.39 is 11.3 Å². The SMILES string of the molecule is CN(CC[C@@H](OCc1cccc(N2CCN(C)c3[nH]c(=O)ncc3C2=O)c1)c1ccccc1)C(=O)OC(C)(C)C. The molecular formula is C30H37N5O5. The van der Waals surface area contributed by atoms with E-state index in [1.54, 1.807) is 16.8 Å². The third-order valence-corrected chi connectivity index (χ3v) is 6.58. The fourth-order valence-corrected chi connectivity index (χ4v) is 4.46. The molecule has 10 nitrogen and oxygen atoms in total. The molecule has 0 radical (unpaired) electrons. The normalized spacial score (nSPS) is 14.4. The second-order valence-corrected chi connectivity index (χ2v) is 10.9. The highest BCUT2D eigenvalue weighted by Crippen LogP contribution is 2.27. The summed E-state index contributed by atoms with van der Waals surface area (Å²) < 4.78 is 11.9. The summed E-state index contributed by atoms with van der Waals surface area (Å²) >= 11 is 0. The molecule has 2 heterocycles. The Morgan fingerprint density at radius 2 is 1.85 bits per heavy atom. The fourth-order valence-electron chi connectivity index (χ4n) is 4.46. The Hall–Kier alpha value is -4.18. The number of H-pyrrole nitrogens is 1. The van der Waals surface area contributed by atoms with E-state index in [1.807, 2.05) is 87.3 Å². The maximum absolute atomic E-state index is 13.4. The lowest BCUT2D eigenvalue weighted by Crippen LogP contribution is -2.35. The standard InChI is InChI=1S/C30H37N5O5/c1-30(2,3)40-29(38)34(5)15-14-25(22-11-7-6-8-12-22)39-20-21-10-9-13-23(18-21)35-17-16-33(4)26-24(27(35)36)19-31-28(37)32-26/h6-13,18-19,25H,14-17,20H2,1-5H3,(H,31,32,37)/t25-/m1/s1. The number of fused-ring (bicyclic) bond motifs is 1. The van der Waals surface area contributed by atoms with Crippen molar-refractivity contribution < 1.29 is 19.1 Å². The van der Waals surface area contributed by atoms with E-state index in [4.69, 9.17) is 9.47 Å². The minimum Gasteiger partial charge on any atom is -0.444 e. The number of amides is 2. The maximum atomic E-state index is 13.4. The van der Waals surface area contributed by atoms with Gasteiger partial charge in [-0.15, -0.1) is 0 Å². The first-order valence-corrected chi connectivity index (χ1v) is 13.3. The van der Waals surface area contributed by atoms with E-state index in [0.717, 1.165) is 16.8 Å². The Bertz CT molecular complexity index is 1380. The van der Waals surface area contributed by atoms with Crippen molar-refractivity contribution in [3.05, 3.63) is 88.0 Å². The number of anilines is 2. The fraction of sp³-hybridized carbons (Fsp3) is 0.400. The first-order valence-electron chi connectivity index (χ1n) is 13.3. The number of carbonyl (C=O) groups excluding carboxylic acids is 2. The number of benzene rings is 2. The molecule has 212 valence electrons. The van der Waals surface area contributed by atoms with Crippen LogP contribution in [0, 0.1) is 0 Å². The van der Waals surface area contributed by atoms with Crippen LogP contribution in [0.25, 0.3) is 0 Å². The Morgan fingerprint density at radius 3 is 2.58 bits per heavy atom. The van der Waals surface area contributed by atoms with Gasteiger partial charge in [0.05, 0.1) is 18.3 Å². The average molecular weight is 548 g/mol. The lowest BCUT2D eigenvalue weighted by molar-refractivity contribution is 0.0137. The number of ether oxygens (including phenoxy) is 2. The van der Waals surface area contributed by atoms with Gasteiger partial charge >= 0.3 is 11.8 Å². The van der Waals surface area contributed by atoms with Crippen molar-refractivity contribution in [2.75, 3.05) is 43.5 Å². The highest BCUT2D eigenvalue weighted by atomic mass is 16.6. The maximum Gasteiger partial charge on any atom is 0.410 e. The van der Waals surface area contributed by atoms with Crippen LogP contribution in [0.4, 0.5) is 16.3 Å². The molecule has 1 aliphatic rings. The summed E-state index contributed by atoms with van der Waals surface area (Å²) in [6.07, 6.45) is 1.29. The molecule has 2 amide bonds. The summed E-state index contributed by atoms with van der Waals surface area (Å²) in [4.78, 5) is 49.1. The summed E-state index contributed by atoms with van der Waals surface area (Å²) in [6.45, 7) is 7.29. The highest BCUT2D eigenvalue weighted by molar-refractivity contribution is 6.09. The molecule has 1 aliphatic heterocycles. The first-order chi connectivity index (χ1) is 19.0. The van der Waals surface area contributed by atoms with Crippen LogP contribution in [0.15, 0.2) is 65.6 Å². The summed E-state index contributed by atoms with van der Waals surface area (Å²) in [5.74, 6) is 0.238. The van der Waals surface area contributed by atoms with E-state index in [2.05, 4.69) is 9.97 Å². The van der Waals surface area contributed by atoms with Crippen molar-refractivity contribution >= 4 is 23.5 Å². The van der Waals surface area contributed by atoms with Crippen LogP contribution in [0.2, 0.25) is 0 Å². The van der Waals surface area contributed by atoms with Crippen molar-refractivity contribution in [3.63, 3.8) is 0 Å². The number of aromatic amines is 1. The molecule has 3 aromatic rings. The quantitative estimate of drug-likeness (QED) is 0.446. The van der Waals surface area contributed by atoms with Crippen LogP contribution in [-0.2, 0) is 16.1 Å². The van der Waals surface area contributed by atoms with Crippen LogP contribution in [0.1, 0.15) is 54.8 Å². The third-order valence-electron chi connectivity index (χ3n) is 6.58. The zero-order valence-corrected chi connectivity index (χ0v) is 23.7. The Morgan fingerprint density at radius 1 is 1.10 bits per heavy atom. The molecule has 0 spiro atoms. The summed E-state index contributed by atoms with van der Waals surface area (Å²) in [7, 11) is 3.55. The number of carbonyl (C=O) groups is 2. The number of nitrogens with one attached hydrogen (secondary N) is 1. The first kappa shape index (κ1) is 28.8. The number of likely N-dealkylation sites (N-methyl/N-ethyl adjacent to an activating group) is 1. The zero-order chi connectivity index (χ0) is 28.9. The number of aromatic nitrogens is 2. The van der Waals surface area contributed by atoms with Crippen molar-refractivity contribution in [2.45, 2.75) is 45.5 Å². The van der Waals surface area contributed by atoms with Gasteiger partial charge < -0.3 is 24.2 Å². The summed E-state index contributed by atoms with van der Waals surface area (Å²) in [6, 6.07) is 17.6. The van der Waals surface area contributed by atoms with E-state index in [9.17, 15) is 14.4 Å². The molecule has 0 unspecified atom stereocenters. The van der Waals surface area contributed by atoms with Crippen molar-refractivity contribution in [3.8, 4) is 0 Å². The van der Waals surface area contributed by atoms with Crippen LogP contribution >= 0.6 is 0 Å². The Kier molecular flexibility index (Phi) is 8.89. The third kappa shape index (κ3) is 7.26. The van der Waals surface area contributed by atoms with Gasteiger partial charge in [0.1, 0.15) is 11.4 Å². The van der Waals surface area contributed by atoms with Gasteiger partial charge in [-0.3, -0.25) is 9.78 Å².